The van der Waals surface area contributed by atoms with E-state index in [1.165, 1.54) is 3.57 Å². The number of halogens is 1. The van der Waals surface area contributed by atoms with E-state index in [9.17, 15) is 0 Å². The van der Waals surface area contributed by atoms with E-state index in [0.29, 0.717) is 0 Å². The minimum atomic E-state index is 1.05. The van der Waals surface area contributed by atoms with E-state index in [-0.39, 0.29) is 0 Å². The Morgan fingerprint density at radius 3 is 2.43 bits per heavy atom. The van der Waals surface area contributed by atoms with Crippen molar-refractivity contribution in [3.05, 3.63) is 46.1 Å². The van der Waals surface area contributed by atoms with E-state index < -0.39 is 0 Å². The van der Waals surface area contributed by atoms with Gasteiger partial charge in [-0.3, -0.25) is 0 Å². The molecule has 0 saturated heterocycles. The lowest BCUT2D eigenvalue weighted by molar-refractivity contribution is 0.878. The van der Waals surface area contributed by atoms with E-state index in [4.69, 9.17) is 0 Å². The fraction of sp³-hybridized carbons (Fsp3) is 0. The lowest BCUT2D eigenvalue weighted by Crippen LogP contribution is -1.86. The monoisotopic (exact) mass is 298 g/mol. The summed E-state index contributed by atoms with van der Waals surface area (Å²) in [4.78, 5) is 0. The maximum Gasteiger partial charge on any atom is 0.141 e. The summed E-state index contributed by atoms with van der Waals surface area (Å²) in [6, 6.07) is 8.09. The predicted molar refractivity (Wildman–Crippen MR) is 62.2 cm³/mol. The summed E-state index contributed by atoms with van der Waals surface area (Å²) in [5.74, 6) is 0. The molecule has 2 rings (SSSR count). The Balaban J connectivity index is 2.15. The van der Waals surface area contributed by atoms with Gasteiger partial charge in [0.05, 0.1) is 6.21 Å². The first kappa shape index (κ1) is 9.32. The summed E-state index contributed by atoms with van der Waals surface area (Å²) in [5.41, 5.74) is 1.05. The Bertz CT molecular complexity index is 419. The van der Waals surface area contributed by atoms with Crippen molar-refractivity contribution in [2.75, 3.05) is 0 Å². The highest BCUT2D eigenvalue weighted by Crippen LogP contribution is 2.04. The molecule has 0 amide bonds. The van der Waals surface area contributed by atoms with Gasteiger partial charge in [0.2, 0.25) is 0 Å². The third-order valence-corrected chi connectivity index (χ3v) is 2.34. The SMILES string of the molecule is Ic1ccc(/C=N/n2cnnc2)cc1. The number of hydrogen-bond acceptors (Lipinski definition) is 3. The van der Waals surface area contributed by atoms with E-state index >= 15 is 0 Å². The minimum absolute atomic E-state index is 1.05. The third kappa shape index (κ3) is 2.38. The quantitative estimate of drug-likeness (QED) is 0.626. The molecule has 0 saturated carbocycles. The first-order valence-corrected chi connectivity index (χ1v) is 5.07. The Hall–Kier alpha value is -1.24. The number of aromatic nitrogens is 3. The molecule has 0 aliphatic carbocycles. The predicted octanol–water partition coefficient (Wildman–Crippen LogP) is 1.76. The van der Waals surface area contributed by atoms with Crippen LogP contribution in [0, 0.1) is 3.57 Å². The van der Waals surface area contributed by atoms with Crippen LogP contribution in [0.4, 0.5) is 0 Å². The van der Waals surface area contributed by atoms with Crippen LogP contribution in [0.3, 0.4) is 0 Å². The fourth-order valence-corrected chi connectivity index (χ4v) is 1.30. The number of rotatable bonds is 2. The summed E-state index contributed by atoms with van der Waals surface area (Å²) >= 11 is 2.27. The third-order valence-electron chi connectivity index (χ3n) is 1.62. The standard InChI is InChI=1S/C9H7IN4/c10-9-3-1-8(2-4-9)5-13-14-6-11-12-7-14/h1-7H/b13-5+. The highest BCUT2D eigenvalue weighted by Gasteiger charge is 1.88. The zero-order chi connectivity index (χ0) is 9.80. The second-order valence-electron chi connectivity index (χ2n) is 2.64. The smallest absolute Gasteiger partial charge is 0.141 e. The maximum absolute atomic E-state index is 4.13. The van der Waals surface area contributed by atoms with Gasteiger partial charge in [0.15, 0.2) is 0 Å². The van der Waals surface area contributed by atoms with E-state index in [1.54, 1.807) is 23.5 Å². The lowest BCUT2D eigenvalue weighted by atomic mass is 10.2. The normalized spacial score (nSPS) is 10.9. The largest absolute Gasteiger partial charge is 0.208 e. The molecule has 0 bridgehead atoms. The molecule has 1 heterocycles. The van der Waals surface area contributed by atoms with E-state index in [2.05, 4.69) is 37.9 Å². The summed E-state index contributed by atoms with van der Waals surface area (Å²) in [7, 11) is 0. The summed E-state index contributed by atoms with van der Waals surface area (Å²) in [5, 5.41) is 11.4. The van der Waals surface area contributed by atoms with Crippen molar-refractivity contribution in [2.45, 2.75) is 0 Å². The molecule has 1 aromatic carbocycles. The second kappa shape index (κ2) is 4.32. The molecule has 0 fully saturated rings. The average Bonchev–Trinajstić information content (AvgIpc) is 2.70. The van der Waals surface area contributed by atoms with Crippen LogP contribution >= 0.6 is 22.6 Å². The van der Waals surface area contributed by atoms with Gasteiger partial charge in [-0.15, -0.1) is 10.2 Å². The van der Waals surface area contributed by atoms with Crippen LogP contribution in [0.15, 0.2) is 42.0 Å². The molecule has 0 N–H and O–H groups in total. The lowest BCUT2D eigenvalue weighted by Gasteiger charge is -1.92. The minimum Gasteiger partial charge on any atom is -0.208 e. The van der Waals surface area contributed by atoms with E-state index in [1.807, 2.05) is 24.3 Å². The molecule has 0 unspecified atom stereocenters. The maximum atomic E-state index is 4.13. The summed E-state index contributed by atoms with van der Waals surface area (Å²) in [6.45, 7) is 0. The van der Waals surface area contributed by atoms with Gasteiger partial charge in [-0.1, -0.05) is 12.1 Å². The van der Waals surface area contributed by atoms with Gasteiger partial charge in [0.25, 0.3) is 0 Å². The first-order chi connectivity index (χ1) is 6.84. The van der Waals surface area contributed by atoms with Crippen LogP contribution in [0.5, 0.6) is 0 Å². The Morgan fingerprint density at radius 1 is 1.14 bits per heavy atom. The van der Waals surface area contributed by atoms with Gasteiger partial charge in [-0.25, -0.2) is 4.68 Å². The van der Waals surface area contributed by atoms with Gasteiger partial charge < -0.3 is 0 Å². The fourth-order valence-electron chi connectivity index (χ4n) is 0.937. The molecule has 0 atom stereocenters. The van der Waals surface area contributed by atoms with Gasteiger partial charge in [-0.2, -0.15) is 5.10 Å². The Kier molecular flexibility index (Phi) is 2.87. The molecule has 2 aromatic rings. The number of nitrogens with zero attached hydrogens (tertiary/aromatic N) is 4. The molecule has 0 aliphatic heterocycles. The molecule has 70 valence electrons. The summed E-state index contributed by atoms with van der Waals surface area (Å²) in [6.07, 6.45) is 4.85. The van der Waals surface area contributed by atoms with Crippen LogP contribution in [0.1, 0.15) is 5.56 Å². The van der Waals surface area contributed by atoms with Crippen molar-refractivity contribution in [1.29, 1.82) is 0 Å². The zero-order valence-electron chi connectivity index (χ0n) is 7.21. The van der Waals surface area contributed by atoms with Crippen LogP contribution < -0.4 is 0 Å². The van der Waals surface area contributed by atoms with Crippen molar-refractivity contribution in [2.24, 2.45) is 5.10 Å². The molecule has 0 aliphatic rings. The number of benzene rings is 1. The van der Waals surface area contributed by atoms with Crippen molar-refractivity contribution in [3.8, 4) is 0 Å². The van der Waals surface area contributed by atoms with Crippen molar-refractivity contribution in [3.63, 3.8) is 0 Å². The summed E-state index contributed by atoms with van der Waals surface area (Å²) < 4.78 is 2.77. The molecular weight excluding hydrogens is 291 g/mol. The second-order valence-corrected chi connectivity index (χ2v) is 3.88. The highest BCUT2D eigenvalue weighted by atomic mass is 127. The molecular formula is C9H7IN4. The molecule has 14 heavy (non-hydrogen) atoms. The van der Waals surface area contributed by atoms with Gasteiger partial charge >= 0.3 is 0 Å². The van der Waals surface area contributed by atoms with Crippen LogP contribution in [-0.4, -0.2) is 21.1 Å². The van der Waals surface area contributed by atoms with Gasteiger partial charge in [0, 0.05) is 3.57 Å². The first-order valence-electron chi connectivity index (χ1n) is 3.99. The van der Waals surface area contributed by atoms with E-state index in [0.717, 1.165) is 5.56 Å². The van der Waals surface area contributed by atoms with Crippen molar-refractivity contribution >= 4 is 28.8 Å². The number of hydrogen-bond donors (Lipinski definition) is 0. The molecule has 4 nitrogen and oxygen atoms in total. The highest BCUT2D eigenvalue weighted by molar-refractivity contribution is 14.1. The van der Waals surface area contributed by atoms with Gasteiger partial charge in [0.1, 0.15) is 12.7 Å². The Morgan fingerprint density at radius 2 is 1.79 bits per heavy atom. The molecule has 1 aromatic heterocycles. The Labute approximate surface area is 94.8 Å². The average molecular weight is 298 g/mol. The van der Waals surface area contributed by atoms with Crippen molar-refractivity contribution in [1.82, 2.24) is 14.9 Å². The molecule has 0 radical (unpaired) electrons. The van der Waals surface area contributed by atoms with Crippen LogP contribution in [-0.2, 0) is 0 Å². The van der Waals surface area contributed by atoms with Crippen LogP contribution in [0.25, 0.3) is 0 Å². The molecule has 5 heteroatoms. The topological polar surface area (TPSA) is 43.1 Å². The zero-order valence-corrected chi connectivity index (χ0v) is 9.37. The molecule has 0 spiro atoms. The van der Waals surface area contributed by atoms with Gasteiger partial charge in [-0.05, 0) is 40.3 Å². The van der Waals surface area contributed by atoms with Crippen molar-refractivity contribution < 1.29 is 0 Å². The van der Waals surface area contributed by atoms with Crippen LogP contribution in [0.2, 0.25) is 0 Å².